The second-order valence-corrected chi connectivity index (χ2v) is 9.45. The summed E-state index contributed by atoms with van der Waals surface area (Å²) in [5, 5.41) is 2.84. The minimum absolute atomic E-state index is 0.00776. The highest BCUT2D eigenvalue weighted by Crippen LogP contribution is 2.25. The Bertz CT molecular complexity index is 1070. The zero-order chi connectivity index (χ0) is 22.1. The monoisotopic (exact) mass is 436 g/mol. The number of primary amides is 1. The topological polar surface area (TPSA) is 114 Å². The van der Waals surface area contributed by atoms with Crippen molar-refractivity contribution >= 4 is 21.8 Å². The Kier molecular flexibility index (Phi) is 6.27. The molecule has 3 N–H and O–H groups in total. The number of sulfonamides is 1. The van der Waals surface area contributed by atoms with Gasteiger partial charge in [0.25, 0.3) is 5.91 Å². The molecule has 162 valence electrons. The van der Waals surface area contributed by atoms with Crippen molar-refractivity contribution in [1.29, 1.82) is 0 Å². The smallest absolute Gasteiger partial charge is 0.265 e. The highest BCUT2D eigenvalue weighted by molar-refractivity contribution is 7.89. The summed E-state index contributed by atoms with van der Waals surface area (Å²) in [6, 6.07) is 5.94. The average Bonchev–Trinajstić information content (AvgIpc) is 3.11. The number of hydrogen-bond acceptors (Lipinski definition) is 4. The molecule has 2 aromatic rings. The number of aromatic nitrogens is 1. The Morgan fingerprint density at radius 3 is 2.47 bits per heavy atom. The molecule has 0 radical (unpaired) electrons. The molecule has 30 heavy (non-hydrogen) atoms. The van der Waals surface area contributed by atoms with Crippen molar-refractivity contribution in [3.05, 3.63) is 53.1 Å². The highest BCUT2D eigenvalue weighted by Gasteiger charge is 2.33. The number of nitrogens with one attached hydrogen (secondary N) is 1. The second kappa shape index (κ2) is 8.57. The fraction of sp³-hybridized carbons (Fsp3) is 0.400. The van der Waals surface area contributed by atoms with E-state index in [2.05, 4.69) is 5.32 Å². The first-order valence-corrected chi connectivity index (χ1v) is 11.0. The van der Waals surface area contributed by atoms with Gasteiger partial charge in [-0.1, -0.05) is 12.1 Å². The first-order chi connectivity index (χ1) is 14.1. The predicted octanol–water partition coefficient (Wildman–Crippen LogP) is 1.29. The van der Waals surface area contributed by atoms with Crippen molar-refractivity contribution in [3.8, 4) is 0 Å². The summed E-state index contributed by atoms with van der Waals surface area (Å²) >= 11 is 0. The molecule has 2 amide bonds. The number of halogens is 1. The molecule has 0 spiro atoms. The van der Waals surface area contributed by atoms with Gasteiger partial charge in [-0.25, -0.2) is 12.8 Å². The quantitative estimate of drug-likeness (QED) is 0.710. The Balaban J connectivity index is 1.58. The maximum absolute atomic E-state index is 13.3. The highest BCUT2D eigenvalue weighted by atomic mass is 32.2. The van der Waals surface area contributed by atoms with E-state index in [0.717, 1.165) is 5.56 Å². The summed E-state index contributed by atoms with van der Waals surface area (Å²) in [6.07, 6.45) is 2.14. The van der Waals surface area contributed by atoms with Crippen molar-refractivity contribution in [2.75, 3.05) is 13.1 Å². The summed E-state index contributed by atoms with van der Waals surface area (Å²) in [4.78, 5) is 23.9. The molecule has 1 aromatic heterocycles. The molecule has 1 fully saturated rings. The molecule has 3 rings (SSSR count). The molecule has 0 unspecified atom stereocenters. The van der Waals surface area contributed by atoms with Gasteiger partial charge in [0.2, 0.25) is 15.9 Å². The Labute approximate surface area is 174 Å². The third kappa shape index (κ3) is 4.54. The third-order valence-corrected chi connectivity index (χ3v) is 7.25. The van der Waals surface area contributed by atoms with Gasteiger partial charge in [-0.15, -0.1) is 0 Å². The second-order valence-electron chi connectivity index (χ2n) is 7.52. The van der Waals surface area contributed by atoms with Crippen LogP contribution in [0, 0.1) is 18.7 Å². The van der Waals surface area contributed by atoms with Crippen LogP contribution in [0.2, 0.25) is 0 Å². The number of nitrogens with zero attached hydrogens (tertiary/aromatic N) is 2. The number of carbonyl (C=O) groups is 2. The number of hydrogen-bond donors (Lipinski definition) is 2. The molecule has 0 atom stereocenters. The molecule has 1 aliphatic heterocycles. The van der Waals surface area contributed by atoms with E-state index >= 15 is 0 Å². The SMILES string of the molecule is Cc1cc(CNC(=O)C2CCN(S(=O)(=O)c3cc(C(N)=O)n(C)c3)CC2)ccc1F. The van der Waals surface area contributed by atoms with Crippen LogP contribution in [0.25, 0.3) is 0 Å². The lowest BCUT2D eigenvalue weighted by molar-refractivity contribution is -0.126. The van der Waals surface area contributed by atoms with Gasteiger partial charge in [-0.2, -0.15) is 4.31 Å². The largest absolute Gasteiger partial charge is 0.364 e. The van der Waals surface area contributed by atoms with Crippen LogP contribution < -0.4 is 11.1 Å². The van der Waals surface area contributed by atoms with Gasteiger partial charge in [-0.05, 0) is 43.0 Å². The summed E-state index contributed by atoms with van der Waals surface area (Å²) in [5.41, 5.74) is 6.68. The molecular weight excluding hydrogens is 411 g/mol. The van der Waals surface area contributed by atoms with E-state index in [4.69, 9.17) is 5.73 Å². The normalized spacial score (nSPS) is 15.8. The lowest BCUT2D eigenvalue weighted by Gasteiger charge is -2.30. The number of aryl methyl sites for hydroxylation is 2. The fourth-order valence-corrected chi connectivity index (χ4v) is 5.12. The number of amides is 2. The van der Waals surface area contributed by atoms with Crippen LogP contribution in [0.5, 0.6) is 0 Å². The molecule has 0 aliphatic carbocycles. The van der Waals surface area contributed by atoms with Crippen molar-refractivity contribution in [1.82, 2.24) is 14.2 Å². The lowest BCUT2D eigenvalue weighted by atomic mass is 9.97. The van der Waals surface area contributed by atoms with Gasteiger partial charge in [0.05, 0.1) is 0 Å². The van der Waals surface area contributed by atoms with Crippen molar-refractivity contribution in [2.24, 2.45) is 18.7 Å². The van der Waals surface area contributed by atoms with E-state index in [1.165, 1.54) is 27.2 Å². The van der Waals surface area contributed by atoms with Crippen molar-refractivity contribution < 1.29 is 22.4 Å². The Morgan fingerprint density at radius 1 is 1.23 bits per heavy atom. The molecule has 1 aliphatic rings. The van der Waals surface area contributed by atoms with E-state index in [0.29, 0.717) is 24.9 Å². The third-order valence-electron chi connectivity index (χ3n) is 5.38. The van der Waals surface area contributed by atoms with Gasteiger partial charge >= 0.3 is 0 Å². The Hall–Kier alpha value is -2.72. The summed E-state index contributed by atoms with van der Waals surface area (Å²) in [7, 11) is -2.22. The van der Waals surface area contributed by atoms with E-state index in [1.54, 1.807) is 26.1 Å². The number of nitrogens with two attached hydrogens (primary N) is 1. The molecule has 0 bridgehead atoms. The van der Waals surface area contributed by atoms with Crippen LogP contribution in [0.1, 0.15) is 34.5 Å². The Morgan fingerprint density at radius 2 is 1.90 bits per heavy atom. The van der Waals surface area contributed by atoms with Crippen LogP contribution in [-0.2, 0) is 28.4 Å². The van der Waals surface area contributed by atoms with E-state index < -0.39 is 15.9 Å². The zero-order valence-electron chi connectivity index (χ0n) is 16.9. The van der Waals surface area contributed by atoms with E-state index in [9.17, 15) is 22.4 Å². The van der Waals surface area contributed by atoms with E-state index in [1.807, 2.05) is 0 Å². The van der Waals surface area contributed by atoms with Gasteiger partial charge in [0.1, 0.15) is 16.4 Å². The number of rotatable bonds is 6. The first-order valence-electron chi connectivity index (χ1n) is 9.58. The minimum atomic E-state index is -3.77. The molecule has 10 heteroatoms. The molecule has 1 aromatic carbocycles. The number of benzene rings is 1. The zero-order valence-corrected chi connectivity index (χ0v) is 17.7. The standard InChI is InChI=1S/C20H25FN4O4S/c1-13-9-14(3-4-17(13)21)11-23-20(27)15-5-7-25(8-6-15)30(28,29)16-10-18(19(22)26)24(2)12-16/h3-4,9-10,12,15H,5-8,11H2,1-2H3,(H2,22,26)(H,23,27). The molecule has 2 heterocycles. The van der Waals surface area contributed by atoms with Crippen LogP contribution >= 0.6 is 0 Å². The predicted molar refractivity (Wildman–Crippen MR) is 108 cm³/mol. The fourth-order valence-electron chi connectivity index (χ4n) is 3.58. The summed E-state index contributed by atoms with van der Waals surface area (Å²) in [6.45, 7) is 2.36. The van der Waals surface area contributed by atoms with Crippen LogP contribution in [0.15, 0.2) is 35.4 Å². The average molecular weight is 437 g/mol. The maximum atomic E-state index is 13.3. The lowest BCUT2D eigenvalue weighted by Crippen LogP contribution is -2.42. The van der Waals surface area contributed by atoms with E-state index in [-0.39, 0.29) is 41.3 Å². The molecule has 8 nitrogen and oxygen atoms in total. The van der Waals surface area contributed by atoms with Crippen LogP contribution in [0.4, 0.5) is 4.39 Å². The van der Waals surface area contributed by atoms with Crippen LogP contribution in [0.3, 0.4) is 0 Å². The molecule has 1 saturated heterocycles. The summed E-state index contributed by atoms with van der Waals surface area (Å²) in [5.74, 6) is -1.44. The van der Waals surface area contributed by atoms with Gasteiger partial charge in [0, 0.05) is 38.8 Å². The van der Waals surface area contributed by atoms with Crippen LogP contribution in [-0.4, -0.2) is 42.2 Å². The van der Waals surface area contributed by atoms with Gasteiger partial charge < -0.3 is 15.6 Å². The van der Waals surface area contributed by atoms with Gasteiger partial charge in [0.15, 0.2) is 0 Å². The number of carbonyl (C=O) groups excluding carboxylic acids is 2. The molecular formula is C20H25FN4O4S. The van der Waals surface area contributed by atoms with Crippen molar-refractivity contribution in [3.63, 3.8) is 0 Å². The molecule has 0 saturated carbocycles. The first kappa shape index (κ1) is 22.0. The minimum Gasteiger partial charge on any atom is -0.364 e. The number of piperidine rings is 1. The van der Waals surface area contributed by atoms with Gasteiger partial charge in [-0.3, -0.25) is 9.59 Å². The summed E-state index contributed by atoms with van der Waals surface area (Å²) < 4.78 is 41.7. The van der Waals surface area contributed by atoms with Crippen molar-refractivity contribution in [2.45, 2.75) is 31.2 Å². The maximum Gasteiger partial charge on any atom is 0.265 e.